The van der Waals surface area contributed by atoms with Gasteiger partial charge in [0.1, 0.15) is 0 Å². The molecule has 0 saturated carbocycles. The predicted octanol–water partition coefficient (Wildman–Crippen LogP) is 5.16. The van der Waals surface area contributed by atoms with Gasteiger partial charge in [-0.1, -0.05) is 12.2 Å². The van der Waals surface area contributed by atoms with Crippen LogP contribution in [0, 0.1) is 4.51 Å². The van der Waals surface area contributed by atoms with Crippen molar-refractivity contribution in [2.24, 2.45) is 0 Å². The molecular formula is C9H4Br2S2. The Morgan fingerprint density at radius 1 is 1.15 bits per heavy atom. The van der Waals surface area contributed by atoms with Gasteiger partial charge in [-0.3, -0.25) is 0 Å². The van der Waals surface area contributed by atoms with E-state index in [9.17, 15) is 0 Å². The van der Waals surface area contributed by atoms with Crippen molar-refractivity contribution in [3.05, 3.63) is 37.0 Å². The third-order valence-electron chi connectivity index (χ3n) is 1.72. The second kappa shape index (κ2) is 3.77. The van der Waals surface area contributed by atoms with Gasteiger partial charge < -0.3 is 0 Å². The number of hydrogen-bond acceptors (Lipinski definition) is 2. The fraction of sp³-hybridized carbons (Fsp3) is 0. The predicted molar refractivity (Wildman–Crippen MR) is 68.1 cm³/mol. The number of halogens is 2. The molecule has 0 bridgehead atoms. The highest BCUT2D eigenvalue weighted by Gasteiger charge is 2.03. The van der Waals surface area contributed by atoms with Crippen molar-refractivity contribution in [2.45, 2.75) is 0 Å². The lowest BCUT2D eigenvalue weighted by Gasteiger charge is -2.01. The first-order chi connectivity index (χ1) is 6.20. The quantitative estimate of drug-likeness (QED) is 0.599. The second-order valence-corrected chi connectivity index (χ2v) is 5.55. The van der Waals surface area contributed by atoms with Crippen molar-refractivity contribution < 1.29 is 0 Å². The van der Waals surface area contributed by atoms with Crippen LogP contribution >= 0.6 is 55.4 Å². The van der Waals surface area contributed by atoms with Gasteiger partial charge in [-0.2, -0.15) is 0 Å². The van der Waals surface area contributed by atoms with E-state index in [1.807, 2.05) is 17.5 Å². The molecule has 0 nitrogen and oxygen atoms in total. The maximum atomic E-state index is 5.26. The average molecular weight is 336 g/mol. The van der Waals surface area contributed by atoms with Crippen LogP contribution in [-0.4, -0.2) is 0 Å². The molecule has 0 radical (unpaired) electrons. The number of rotatable bonds is 0. The topological polar surface area (TPSA) is 0 Å². The van der Waals surface area contributed by atoms with Gasteiger partial charge in [-0.25, -0.2) is 0 Å². The summed E-state index contributed by atoms with van der Waals surface area (Å²) in [5.74, 6) is 0. The van der Waals surface area contributed by atoms with Gasteiger partial charge in [0, 0.05) is 23.5 Å². The van der Waals surface area contributed by atoms with Crippen LogP contribution in [0.5, 0.6) is 0 Å². The Morgan fingerprint density at radius 2 is 1.92 bits per heavy atom. The SMILES string of the molecule is S=c1ccsc2ccc(Br)c(Br)c12. The van der Waals surface area contributed by atoms with Gasteiger partial charge in [0.15, 0.2) is 0 Å². The average Bonchev–Trinajstić information content (AvgIpc) is 2.12. The lowest BCUT2D eigenvalue weighted by Crippen LogP contribution is -1.75. The third-order valence-corrected chi connectivity index (χ3v) is 4.94. The highest BCUT2D eigenvalue weighted by Crippen LogP contribution is 2.33. The number of benzene rings is 1. The van der Waals surface area contributed by atoms with Crippen LogP contribution < -0.4 is 0 Å². The standard InChI is InChI=1S/C9H4Br2S2/c10-5-1-2-7-8(9(5)11)6(12)3-4-13-7/h1-4H. The fourth-order valence-corrected chi connectivity index (χ4v) is 3.52. The summed E-state index contributed by atoms with van der Waals surface area (Å²) in [5, 5.41) is 3.14. The molecule has 0 N–H and O–H groups in total. The Labute approximate surface area is 102 Å². The van der Waals surface area contributed by atoms with Crippen molar-refractivity contribution >= 4 is 65.5 Å². The lowest BCUT2D eigenvalue weighted by molar-refractivity contribution is 1.68. The molecule has 0 aliphatic rings. The Balaban J connectivity index is 3.06. The first-order valence-corrected chi connectivity index (χ1v) is 6.43. The van der Waals surface area contributed by atoms with Crippen molar-refractivity contribution in [1.29, 1.82) is 0 Å². The van der Waals surface area contributed by atoms with Crippen LogP contribution in [0.15, 0.2) is 32.5 Å². The van der Waals surface area contributed by atoms with Crippen LogP contribution in [0.4, 0.5) is 0 Å². The molecule has 66 valence electrons. The maximum Gasteiger partial charge on any atom is 0.0483 e. The molecule has 1 aromatic carbocycles. The zero-order valence-electron chi connectivity index (χ0n) is 6.38. The molecule has 13 heavy (non-hydrogen) atoms. The minimum Gasteiger partial charge on any atom is -0.144 e. The van der Waals surface area contributed by atoms with Crippen LogP contribution in [0.25, 0.3) is 10.1 Å². The zero-order chi connectivity index (χ0) is 9.42. The summed E-state index contributed by atoms with van der Waals surface area (Å²) in [6.07, 6.45) is 0. The van der Waals surface area contributed by atoms with E-state index in [2.05, 4.69) is 37.9 Å². The van der Waals surface area contributed by atoms with Crippen LogP contribution in [0.3, 0.4) is 0 Å². The molecule has 0 spiro atoms. The summed E-state index contributed by atoms with van der Waals surface area (Å²) in [4.78, 5) is 0. The molecule has 4 heteroatoms. The van der Waals surface area contributed by atoms with E-state index < -0.39 is 0 Å². The monoisotopic (exact) mass is 334 g/mol. The molecule has 0 amide bonds. The van der Waals surface area contributed by atoms with Crippen molar-refractivity contribution in [3.63, 3.8) is 0 Å². The van der Waals surface area contributed by atoms with Crippen LogP contribution in [-0.2, 0) is 0 Å². The minimum absolute atomic E-state index is 0.891. The summed E-state index contributed by atoms with van der Waals surface area (Å²) in [7, 11) is 0. The number of hydrogen-bond donors (Lipinski definition) is 0. The van der Waals surface area contributed by atoms with Crippen molar-refractivity contribution in [3.8, 4) is 0 Å². The van der Waals surface area contributed by atoms with Gasteiger partial charge >= 0.3 is 0 Å². The summed E-state index contributed by atoms with van der Waals surface area (Å²) in [5.41, 5.74) is 0. The second-order valence-electron chi connectivity index (χ2n) is 2.52. The third kappa shape index (κ3) is 1.73. The first-order valence-electron chi connectivity index (χ1n) is 3.55. The van der Waals surface area contributed by atoms with E-state index in [0.29, 0.717) is 0 Å². The Bertz CT molecular complexity index is 516. The van der Waals surface area contributed by atoms with E-state index >= 15 is 0 Å². The fourth-order valence-electron chi connectivity index (χ4n) is 1.11. The van der Waals surface area contributed by atoms with Gasteiger partial charge in [-0.05, 0) is 55.4 Å². The molecule has 2 rings (SSSR count). The first kappa shape index (κ1) is 9.77. The molecule has 0 aliphatic heterocycles. The summed E-state index contributed by atoms with van der Waals surface area (Å²) in [6, 6.07) is 6.06. The molecule has 2 aromatic rings. The van der Waals surface area contributed by atoms with E-state index in [-0.39, 0.29) is 0 Å². The van der Waals surface area contributed by atoms with Crippen LogP contribution in [0.2, 0.25) is 0 Å². The molecular weight excluding hydrogens is 332 g/mol. The van der Waals surface area contributed by atoms with Crippen LogP contribution in [0.1, 0.15) is 0 Å². The smallest absolute Gasteiger partial charge is 0.0483 e. The maximum absolute atomic E-state index is 5.26. The molecule has 0 atom stereocenters. The Morgan fingerprint density at radius 3 is 2.69 bits per heavy atom. The Kier molecular flexibility index (Phi) is 2.83. The lowest BCUT2D eigenvalue weighted by atomic mass is 10.2. The summed E-state index contributed by atoms with van der Waals surface area (Å²) >= 11 is 13.9. The van der Waals surface area contributed by atoms with E-state index in [4.69, 9.17) is 12.2 Å². The minimum atomic E-state index is 0.891. The largest absolute Gasteiger partial charge is 0.144 e. The summed E-state index contributed by atoms with van der Waals surface area (Å²) < 4.78 is 4.20. The normalized spacial score (nSPS) is 10.6. The zero-order valence-corrected chi connectivity index (χ0v) is 11.2. The Hall–Kier alpha value is 0.230. The van der Waals surface area contributed by atoms with Crippen molar-refractivity contribution in [1.82, 2.24) is 0 Å². The van der Waals surface area contributed by atoms with E-state index in [0.717, 1.165) is 18.8 Å². The highest BCUT2D eigenvalue weighted by atomic mass is 79.9. The molecule has 1 aromatic heterocycles. The molecule has 0 saturated heterocycles. The van der Waals surface area contributed by atoms with Gasteiger partial charge in [-0.15, -0.1) is 11.3 Å². The van der Waals surface area contributed by atoms with Gasteiger partial charge in [0.25, 0.3) is 0 Å². The van der Waals surface area contributed by atoms with Crippen molar-refractivity contribution in [2.75, 3.05) is 0 Å². The van der Waals surface area contributed by atoms with E-state index in [1.165, 1.54) is 4.70 Å². The highest BCUT2D eigenvalue weighted by molar-refractivity contribution is 9.13. The molecule has 0 aliphatic carbocycles. The molecule has 1 heterocycles. The number of fused-ring (bicyclic) bond motifs is 1. The van der Waals surface area contributed by atoms with Gasteiger partial charge in [0.2, 0.25) is 0 Å². The molecule has 0 unspecified atom stereocenters. The summed E-state index contributed by atoms with van der Waals surface area (Å²) in [6.45, 7) is 0. The van der Waals surface area contributed by atoms with Gasteiger partial charge in [0.05, 0.1) is 0 Å². The molecule has 0 fully saturated rings. The van der Waals surface area contributed by atoms with E-state index in [1.54, 1.807) is 11.3 Å².